The molecule has 1 heterocycles. The number of benzene rings is 1. The lowest BCUT2D eigenvalue weighted by Gasteiger charge is -2.35. The van der Waals surface area contributed by atoms with Gasteiger partial charge in [0, 0.05) is 28.0 Å². The van der Waals surface area contributed by atoms with E-state index in [1.165, 1.54) is 23.5 Å². The molecule has 0 aromatic heterocycles. The minimum Gasteiger partial charge on any atom is -0.497 e. The lowest BCUT2D eigenvalue weighted by Crippen LogP contribution is -2.38. The van der Waals surface area contributed by atoms with E-state index >= 15 is 0 Å². The number of methoxy groups -OCH3 is 1. The second-order valence-electron chi connectivity index (χ2n) is 5.12. The normalized spacial score (nSPS) is 24.4. The van der Waals surface area contributed by atoms with E-state index in [0.29, 0.717) is 16.5 Å². The Morgan fingerprint density at radius 2 is 2.15 bits per heavy atom. The molecule has 1 saturated heterocycles. The molecule has 0 bridgehead atoms. The highest BCUT2D eigenvalue weighted by atomic mass is 32.2. The first kappa shape index (κ1) is 16.1. The van der Waals surface area contributed by atoms with Crippen LogP contribution in [0.15, 0.2) is 24.3 Å². The molecule has 4 heteroatoms. The fourth-order valence-electron chi connectivity index (χ4n) is 2.57. The molecule has 112 valence electrons. The molecule has 0 amide bonds. The van der Waals surface area contributed by atoms with E-state index < -0.39 is 0 Å². The molecule has 0 saturated carbocycles. The van der Waals surface area contributed by atoms with Crippen molar-refractivity contribution in [2.24, 2.45) is 0 Å². The topological polar surface area (TPSA) is 21.3 Å². The largest absolute Gasteiger partial charge is 0.497 e. The summed E-state index contributed by atoms with van der Waals surface area (Å²) in [5.41, 5.74) is 1.35. The standard InChI is InChI=1S/C16H25NOS2/c1-4-8-17-15(16-12(2)19-9-10-20-16)13-6-5-7-14(11-13)18-3/h5-7,11-12,15-17H,4,8-10H2,1-3H3. The Labute approximate surface area is 131 Å². The third-order valence-electron chi connectivity index (χ3n) is 3.63. The Kier molecular flexibility index (Phi) is 6.59. The second-order valence-corrected chi connectivity index (χ2v) is 7.89. The van der Waals surface area contributed by atoms with Gasteiger partial charge in [0.05, 0.1) is 7.11 Å². The van der Waals surface area contributed by atoms with Crippen LogP contribution in [-0.4, -0.2) is 35.7 Å². The highest BCUT2D eigenvalue weighted by molar-refractivity contribution is 8.07. The third kappa shape index (κ3) is 4.09. The van der Waals surface area contributed by atoms with Crippen molar-refractivity contribution < 1.29 is 4.74 Å². The van der Waals surface area contributed by atoms with Gasteiger partial charge >= 0.3 is 0 Å². The van der Waals surface area contributed by atoms with E-state index in [9.17, 15) is 0 Å². The summed E-state index contributed by atoms with van der Waals surface area (Å²) in [6, 6.07) is 8.94. The average molecular weight is 312 g/mol. The molecule has 1 aromatic carbocycles. The van der Waals surface area contributed by atoms with Crippen LogP contribution in [-0.2, 0) is 0 Å². The Morgan fingerprint density at radius 3 is 2.85 bits per heavy atom. The molecule has 2 rings (SSSR count). The Morgan fingerprint density at radius 1 is 1.35 bits per heavy atom. The molecule has 2 nitrogen and oxygen atoms in total. The van der Waals surface area contributed by atoms with E-state index in [4.69, 9.17) is 4.74 Å². The highest BCUT2D eigenvalue weighted by Gasteiger charge is 2.31. The molecule has 3 atom stereocenters. The Hall–Kier alpha value is -0.320. The molecule has 1 N–H and O–H groups in total. The van der Waals surface area contributed by atoms with Crippen LogP contribution < -0.4 is 10.1 Å². The number of rotatable bonds is 6. The van der Waals surface area contributed by atoms with Gasteiger partial charge in [-0.15, -0.1) is 0 Å². The zero-order valence-corrected chi connectivity index (χ0v) is 14.2. The van der Waals surface area contributed by atoms with E-state index in [2.05, 4.69) is 60.9 Å². The highest BCUT2D eigenvalue weighted by Crippen LogP contribution is 2.39. The molecule has 1 aromatic rings. The third-order valence-corrected chi connectivity index (χ3v) is 6.83. The fourth-order valence-corrected chi connectivity index (χ4v) is 5.52. The average Bonchev–Trinajstić information content (AvgIpc) is 2.49. The van der Waals surface area contributed by atoms with Crippen molar-refractivity contribution in [1.29, 1.82) is 0 Å². The lowest BCUT2D eigenvalue weighted by atomic mass is 10.0. The maximum absolute atomic E-state index is 5.38. The molecular weight excluding hydrogens is 286 g/mol. The molecular formula is C16H25NOS2. The van der Waals surface area contributed by atoms with Gasteiger partial charge in [-0.3, -0.25) is 0 Å². The van der Waals surface area contributed by atoms with Crippen molar-refractivity contribution >= 4 is 23.5 Å². The monoisotopic (exact) mass is 311 g/mol. The summed E-state index contributed by atoms with van der Waals surface area (Å²) in [5, 5.41) is 5.07. The molecule has 3 unspecified atom stereocenters. The van der Waals surface area contributed by atoms with E-state index in [0.717, 1.165) is 12.3 Å². The molecule has 0 spiro atoms. The number of ether oxygens (including phenoxy) is 1. The van der Waals surface area contributed by atoms with Gasteiger partial charge in [0.15, 0.2) is 0 Å². The first-order chi connectivity index (χ1) is 9.76. The minimum atomic E-state index is 0.415. The van der Waals surface area contributed by atoms with Gasteiger partial charge < -0.3 is 10.1 Å². The van der Waals surface area contributed by atoms with Crippen LogP contribution in [0, 0.1) is 0 Å². The van der Waals surface area contributed by atoms with Gasteiger partial charge in [0.2, 0.25) is 0 Å². The SMILES string of the molecule is CCCNC(c1cccc(OC)c1)C1SCCSC1C. The van der Waals surface area contributed by atoms with Gasteiger partial charge in [0.1, 0.15) is 5.75 Å². The first-order valence-corrected chi connectivity index (χ1v) is 9.46. The molecule has 20 heavy (non-hydrogen) atoms. The summed E-state index contributed by atoms with van der Waals surface area (Å²) in [6.45, 7) is 5.65. The van der Waals surface area contributed by atoms with E-state index in [1.807, 2.05) is 6.07 Å². The second kappa shape index (κ2) is 8.20. The summed E-state index contributed by atoms with van der Waals surface area (Å²) in [5.74, 6) is 3.49. The van der Waals surface area contributed by atoms with Crippen LogP contribution in [0.25, 0.3) is 0 Å². The van der Waals surface area contributed by atoms with E-state index in [1.54, 1.807) is 7.11 Å². The molecule has 1 aliphatic heterocycles. The summed E-state index contributed by atoms with van der Waals surface area (Å²) >= 11 is 4.21. The van der Waals surface area contributed by atoms with Crippen molar-refractivity contribution in [2.75, 3.05) is 25.2 Å². The van der Waals surface area contributed by atoms with Crippen LogP contribution in [0.1, 0.15) is 31.9 Å². The smallest absolute Gasteiger partial charge is 0.119 e. The zero-order valence-electron chi connectivity index (χ0n) is 12.6. The van der Waals surface area contributed by atoms with Crippen molar-refractivity contribution in [2.45, 2.75) is 36.8 Å². The van der Waals surface area contributed by atoms with Gasteiger partial charge in [-0.1, -0.05) is 26.0 Å². The zero-order chi connectivity index (χ0) is 14.4. The van der Waals surface area contributed by atoms with Gasteiger partial charge in [0.25, 0.3) is 0 Å². The van der Waals surface area contributed by atoms with Crippen molar-refractivity contribution in [3.63, 3.8) is 0 Å². The summed E-state index contributed by atoms with van der Waals surface area (Å²) in [4.78, 5) is 0. The summed E-state index contributed by atoms with van der Waals surface area (Å²) in [7, 11) is 1.74. The summed E-state index contributed by atoms with van der Waals surface area (Å²) in [6.07, 6.45) is 1.17. The van der Waals surface area contributed by atoms with Crippen LogP contribution in [0.4, 0.5) is 0 Å². The van der Waals surface area contributed by atoms with Crippen LogP contribution in [0.5, 0.6) is 5.75 Å². The molecule has 1 fully saturated rings. The van der Waals surface area contributed by atoms with Crippen molar-refractivity contribution in [3.05, 3.63) is 29.8 Å². The number of thioether (sulfide) groups is 2. The summed E-state index contributed by atoms with van der Waals surface area (Å²) < 4.78 is 5.38. The van der Waals surface area contributed by atoms with Gasteiger partial charge in [-0.25, -0.2) is 0 Å². The van der Waals surface area contributed by atoms with Crippen LogP contribution >= 0.6 is 23.5 Å². The number of hydrogen-bond donors (Lipinski definition) is 1. The Bertz CT molecular complexity index is 413. The number of hydrogen-bond acceptors (Lipinski definition) is 4. The molecule has 1 aliphatic rings. The Balaban J connectivity index is 2.20. The molecule has 0 radical (unpaired) electrons. The quantitative estimate of drug-likeness (QED) is 0.857. The lowest BCUT2D eigenvalue weighted by molar-refractivity contribution is 0.412. The number of nitrogens with one attached hydrogen (secondary N) is 1. The van der Waals surface area contributed by atoms with Gasteiger partial charge in [-0.2, -0.15) is 23.5 Å². The molecule has 0 aliphatic carbocycles. The van der Waals surface area contributed by atoms with Crippen LogP contribution in [0.2, 0.25) is 0 Å². The van der Waals surface area contributed by atoms with Gasteiger partial charge in [-0.05, 0) is 30.7 Å². The fraction of sp³-hybridized carbons (Fsp3) is 0.625. The maximum Gasteiger partial charge on any atom is 0.119 e. The van der Waals surface area contributed by atoms with Crippen molar-refractivity contribution in [3.8, 4) is 5.75 Å². The van der Waals surface area contributed by atoms with E-state index in [-0.39, 0.29) is 0 Å². The van der Waals surface area contributed by atoms with Crippen LogP contribution in [0.3, 0.4) is 0 Å². The first-order valence-electron chi connectivity index (χ1n) is 7.36. The maximum atomic E-state index is 5.38. The predicted octanol–water partition coefficient (Wildman–Crippen LogP) is 3.97. The van der Waals surface area contributed by atoms with Crippen molar-refractivity contribution in [1.82, 2.24) is 5.32 Å². The predicted molar refractivity (Wildman–Crippen MR) is 92.2 cm³/mol. The minimum absolute atomic E-state index is 0.415.